The molecule has 176 valence electrons. The topological polar surface area (TPSA) is 97.3 Å². The molecule has 0 fully saturated rings. The van der Waals surface area contributed by atoms with E-state index in [2.05, 4.69) is 50.2 Å². The maximum absolute atomic E-state index is 13.0. The molecule has 0 bridgehead atoms. The fourth-order valence-electron chi connectivity index (χ4n) is 3.89. The van der Waals surface area contributed by atoms with Crippen molar-refractivity contribution in [2.75, 3.05) is 16.4 Å². The summed E-state index contributed by atoms with van der Waals surface area (Å²) < 4.78 is 1.96. The summed E-state index contributed by atoms with van der Waals surface area (Å²) in [6.45, 7) is 12.4. The van der Waals surface area contributed by atoms with E-state index >= 15 is 0 Å². The van der Waals surface area contributed by atoms with Gasteiger partial charge in [0.15, 0.2) is 11.5 Å². The Labute approximate surface area is 200 Å². The lowest BCUT2D eigenvalue weighted by atomic mass is 9.99. The molecule has 4 N–H and O–H groups in total. The average Bonchev–Trinajstić information content (AvgIpc) is 3.23. The molecule has 2 aromatic carbocycles. The van der Waals surface area contributed by atoms with E-state index in [0.29, 0.717) is 28.7 Å². The number of nitrogens with two attached hydrogens (primary N) is 1. The smallest absolute Gasteiger partial charge is 0.257 e. The molecule has 0 atom stereocenters. The number of nitrogens with zero attached hydrogens (tertiary/aromatic N) is 3. The first-order valence-corrected chi connectivity index (χ1v) is 11.5. The summed E-state index contributed by atoms with van der Waals surface area (Å²) in [4.78, 5) is 22.4. The quantitative estimate of drug-likeness (QED) is 0.326. The molecule has 0 saturated carbocycles. The molecule has 0 aliphatic heterocycles. The van der Waals surface area contributed by atoms with E-state index in [1.807, 2.05) is 54.0 Å². The number of hydrogen-bond donors (Lipinski definition) is 3. The molecule has 2 heterocycles. The van der Waals surface area contributed by atoms with Crippen LogP contribution in [0.3, 0.4) is 0 Å². The number of anilines is 3. The molecule has 0 unspecified atom stereocenters. The van der Waals surface area contributed by atoms with Gasteiger partial charge in [0.25, 0.3) is 5.91 Å². The summed E-state index contributed by atoms with van der Waals surface area (Å²) in [5, 5.41) is 6.48. The molecule has 1 amide bonds. The number of nitrogen functional groups attached to an aromatic ring is 1. The monoisotopic (exact) mass is 456 g/mol. The van der Waals surface area contributed by atoms with Crippen LogP contribution in [-0.4, -0.2) is 25.8 Å². The van der Waals surface area contributed by atoms with Crippen molar-refractivity contribution in [1.29, 1.82) is 0 Å². The number of rotatable bonds is 5. The van der Waals surface area contributed by atoms with Crippen LogP contribution in [0.2, 0.25) is 0 Å². The van der Waals surface area contributed by atoms with Crippen LogP contribution < -0.4 is 16.4 Å². The fourth-order valence-corrected chi connectivity index (χ4v) is 3.89. The molecule has 0 radical (unpaired) electrons. The Hall–Kier alpha value is -3.87. The van der Waals surface area contributed by atoms with Crippen LogP contribution in [-0.2, 0) is 0 Å². The Balaban J connectivity index is 1.69. The minimum atomic E-state index is -0.235. The van der Waals surface area contributed by atoms with E-state index in [-0.39, 0.29) is 11.4 Å². The van der Waals surface area contributed by atoms with Crippen molar-refractivity contribution in [2.24, 2.45) is 0 Å². The molecule has 7 nitrogen and oxygen atoms in total. The third kappa shape index (κ3) is 4.73. The largest absolute Gasteiger partial charge is 0.398 e. The third-order valence-corrected chi connectivity index (χ3v) is 5.71. The van der Waals surface area contributed by atoms with Gasteiger partial charge in [-0.1, -0.05) is 32.0 Å². The average molecular weight is 457 g/mol. The van der Waals surface area contributed by atoms with Crippen molar-refractivity contribution in [3.05, 3.63) is 71.7 Å². The summed E-state index contributed by atoms with van der Waals surface area (Å²) in [6, 6.07) is 11.4. The Kier molecular flexibility index (Phi) is 6.04. The molecule has 4 rings (SSSR count). The number of amides is 1. The van der Waals surface area contributed by atoms with E-state index in [1.165, 1.54) is 0 Å². The van der Waals surface area contributed by atoms with Crippen LogP contribution in [0, 0.1) is 6.92 Å². The first-order valence-electron chi connectivity index (χ1n) is 11.5. The van der Waals surface area contributed by atoms with E-state index in [9.17, 15) is 4.79 Å². The van der Waals surface area contributed by atoms with Crippen LogP contribution in [0.5, 0.6) is 0 Å². The molecule has 0 aliphatic rings. The van der Waals surface area contributed by atoms with E-state index in [1.54, 1.807) is 12.3 Å². The third-order valence-electron chi connectivity index (χ3n) is 5.71. The molecular weight excluding hydrogens is 424 g/mol. The van der Waals surface area contributed by atoms with Gasteiger partial charge in [-0.15, -0.1) is 0 Å². The number of carbonyl (C=O) groups excluding carboxylic acids is 1. The van der Waals surface area contributed by atoms with Crippen molar-refractivity contribution in [3.63, 3.8) is 0 Å². The van der Waals surface area contributed by atoms with Crippen molar-refractivity contribution in [1.82, 2.24) is 14.4 Å². The molecule has 7 heteroatoms. The van der Waals surface area contributed by atoms with Gasteiger partial charge in [0.2, 0.25) is 0 Å². The molecule has 0 aliphatic carbocycles. The van der Waals surface area contributed by atoms with Gasteiger partial charge in [-0.05, 0) is 62.9 Å². The van der Waals surface area contributed by atoms with Gasteiger partial charge in [0.05, 0.1) is 11.3 Å². The second kappa shape index (κ2) is 8.82. The number of imidazole rings is 1. The lowest BCUT2D eigenvalue weighted by molar-refractivity contribution is 0.102. The highest BCUT2D eigenvalue weighted by Crippen LogP contribution is 2.30. The SMILES string of the molecule is Cc1c(NC(=O)c2ccc(C(C)C)cc2N)cccc1-c1cn2ccnc2c(NC(C)(C)C)n1. The molecular formula is C27H32N6O. The zero-order valence-electron chi connectivity index (χ0n) is 20.6. The van der Waals surface area contributed by atoms with Crippen molar-refractivity contribution in [2.45, 2.75) is 53.0 Å². The number of benzene rings is 2. The fraction of sp³-hybridized carbons (Fsp3) is 0.296. The van der Waals surface area contributed by atoms with Gasteiger partial charge in [-0.2, -0.15) is 0 Å². The first-order chi connectivity index (χ1) is 16.0. The molecule has 34 heavy (non-hydrogen) atoms. The van der Waals surface area contributed by atoms with Crippen molar-refractivity contribution in [3.8, 4) is 11.3 Å². The minimum absolute atomic E-state index is 0.173. The number of nitrogens with one attached hydrogen (secondary N) is 2. The van der Waals surface area contributed by atoms with Gasteiger partial charge in [-0.3, -0.25) is 4.79 Å². The van der Waals surface area contributed by atoms with Gasteiger partial charge in [0.1, 0.15) is 0 Å². The van der Waals surface area contributed by atoms with Crippen LogP contribution in [0.4, 0.5) is 17.2 Å². The maximum Gasteiger partial charge on any atom is 0.257 e. The summed E-state index contributed by atoms with van der Waals surface area (Å²) in [5.41, 5.74) is 12.2. The highest BCUT2D eigenvalue weighted by Gasteiger charge is 2.18. The number of hydrogen-bond acceptors (Lipinski definition) is 5. The Morgan fingerprint density at radius 1 is 1.15 bits per heavy atom. The Morgan fingerprint density at radius 2 is 1.91 bits per heavy atom. The van der Waals surface area contributed by atoms with Crippen LogP contribution >= 0.6 is 0 Å². The van der Waals surface area contributed by atoms with Crippen molar-refractivity contribution < 1.29 is 4.79 Å². The van der Waals surface area contributed by atoms with Gasteiger partial charge in [-0.25, -0.2) is 9.97 Å². The maximum atomic E-state index is 13.0. The Morgan fingerprint density at radius 3 is 2.59 bits per heavy atom. The highest BCUT2D eigenvalue weighted by molar-refractivity contribution is 6.08. The summed E-state index contributed by atoms with van der Waals surface area (Å²) >= 11 is 0. The summed E-state index contributed by atoms with van der Waals surface area (Å²) in [7, 11) is 0. The van der Waals surface area contributed by atoms with Crippen LogP contribution in [0.25, 0.3) is 16.9 Å². The lowest BCUT2D eigenvalue weighted by Gasteiger charge is -2.22. The van der Waals surface area contributed by atoms with Crippen LogP contribution in [0.1, 0.15) is 62.0 Å². The summed E-state index contributed by atoms with van der Waals surface area (Å²) in [5.74, 6) is 0.819. The van der Waals surface area contributed by atoms with E-state index < -0.39 is 0 Å². The molecule has 2 aromatic heterocycles. The van der Waals surface area contributed by atoms with E-state index in [4.69, 9.17) is 10.7 Å². The molecule has 0 spiro atoms. The van der Waals surface area contributed by atoms with Gasteiger partial charge in [0, 0.05) is 41.1 Å². The van der Waals surface area contributed by atoms with Crippen LogP contribution in [0.15, 0.2) is 55.0 Å². The van der Waals surface area contributed by atoms with Gasteiger partial charge >= 0.3 is 0 Å². The first kappa shape index (κ1) is 23.3. The number of carbonyl (C=O) groups is 1. The molecule has 4 aromatic rings. The standard InChI is InChI=1S/C27H32N6O/c1-16(2)18-10-11-20(21(28)14-18)26(34)31-22-9-7-8-19(17(22)3)23-15-33-13-12-29-25(33)24(30-23)32-27(4,5)6/h7-16H,28H2,1-6H3,(H,30,32)(H,31,34). The zero-order valence-corrected chi connectivity index (χ0v) is 20.6. The number of fused-ring (bicyclic) bond motifs is 1. The predicted molar refractivity (Wildman–Crippen MR) is 139 cm³/mol. The van der Waals surface area contributed by atoms with Crippen molar-refractivity contribution >= 4 is 28.7 Å². The molecule has 0 saturated heterocycles. The predicted octanol–water partition coefficient (Wildman–Crippen LogP) is 5.87. The van der Waals surface area contributed by atoms with E-state index in [0.717, 1.165) is 28.0 Å². The lowest BCUT2D eigenvalue weighted by Crippen LogP contribution is -2.27. The highest BCUT2D eigenvalue weighted by atomic mass is 16.1. The normalized spacial score (nSPS) is 11.7. The number of aromatic nitrogens is 3. The zero-order chi connectivity index (χ0) is 24.6. The second-order valence-electron chi connectivity index (χ2n) is 9.94. The summed E-state index contributed by atoms with van der Waals surface area (Å²) in [6.07, 6.45) is 5.61. The Bertz CT molecular complexity index is 1360. The minimum Gasteiger partial charge on any atom is -0.398 e. The second-order valence-corrected chi connectivity index (χ2v) is 9.94. The van der Waals surface area contributed by atoms with Gasteiger partial charge < -0.3 is 20.8 Å².